The molecule has 1 aliphatic carbocycles. The first-order valence-electron chi connectivity index (χ1n) is 6.76. The Kier molecular flexibility index (Phi) is 3.84. The highest BCUT2D eigenvalue weighted by Gasteiger charge is 2.30. The molecule has 0 radical (unpaired) electrons. The van der Waals surface area contributed by atoms with Crippen LogP contribution in [0.2, 0.25) is 0 Å². The highest BCUT2D eigenvalue weighted by atomic mass is 32.1. The molecule has 21 heavy (non-hydrogen) atoms. The summed E-state index contributed by atoms with van der Waals surface area (Å²) >= 11 is 1.34. The van der Waals surface area contributed by atoms with Crippen LogP contribution in [0.25, 0.3) is 0 Å². The summed E-state index contributed by atoms with van der Waals surface area (Å²) in [5.41, 5.74) is 0.250. The van der Waals surface area contributed by atoms with E-state index in [2.05, 4.69) is 14.7 Å². The van der Waals surface area contributed by atoms with Gasteiger partial charge in [-0.1, -0.05) is 12.1 Å². The Bertz CT molecular complexity index is 603. The maximum atomic E-state index is 12.4. The van der Waals surface area contributed by atoms with Crippen LogP contribution in [-0.2, 0) is 12.6 Å². The van der Waals surface area contributed by atoms with Crippen LogP contribution in [0.4, 0.5) is 18.3 Å². The molecule has 0 saturated heterocycles. The lowest BCUT2D eigenvalue weighted by Gasteiger charge is -2.07. The van der Waals surface area contributed by atoms with Crippen LogP contribution in [0.15, 0.2) is 24.3 Å². The second-order valence-electron chi connectivity index (χ2n) is 5.10. The summed E-state index contributed by atoms with van der Waals surface area (Å²) < 4.78 is 41.6. The lowest BCUT2D eigenvalue weighted by Crippen LogP contribution is -2.07. The van der Waals surface area contributed by atoms with Gasteiger partial charge in [-0.15, -0.1) is 0 Å². The fourth-order valence-electron chi connectivity index (χ4n) is 1.99. The topological polar surface area (TPSA) is 37.8 Å². The number of nitrogens with one attached hydrogen (secondary N) is 1. The van der Waals surface area contributed by atoms with Gasteiger partial charge >= 0.3 is 6.18 Å². The number of hydrogen-bond donors (Lipinski definition) is 1. The molecule has 112 valence electrons. The zero-order valence-corrected chi connectivity index (χ0v) is 12.0. The van der Waals surface area contributed by atoms with Crippen molar-refractivity contribution in [1.82, 2.24) is 9.36 Å². The van der Waals surface area contributed by atoms with Gasteiger partial charge in [0.05, 0.1) is 5.56 Å². The van der Waals surface area contributed by atoms with Crippen LogP contribution in [0, 0.1) is 0 Å². The summed E-state index contributed by atoms with van der Waals surface area (Å²) in [6.45, 7) is 0.630. The van der Waals surface area contributed by atoms with E-state index in [4.69, 9.17) is 0 Å². The first kappa shape index (κ1) is 14.3. The molecule has 0 spiro atoms. The number of alkyl halides is 3. The van der Waals surface area contributed by atoms with Gasteiger partial charge in [0.2, 0.25) is 5.13 Å². The quantitative estimate of drug-likeness (QED) is 0.903. The second-order valence-corrected chi connectivity index (χ2v) is 5.86. The van der Waals surface area contributed by atoms with Crippen molar-refractivity contribution in [3.8, 4) is 0 Å². The van der Waals surface area contributed by atoms with Crippen molar-refractivity contribution >= 4 is 16.7 Å². The maximum absolute atomic E-state index is 12.4. The van der Waals surface area contributed by atoms with Gasteiger partial charge in [-0.05, 0) is 37.0 Å². The number of halogens is 3. The molecule has 3 nitrogen and oxygen atoms in total. The van der Waals surface area contributed by atoms with E-state index in [-0.39, 0.29) is 0 Å². The first-order chi connectivity index (χ1) is 10.0. The Labute approximate surface area is 124 Å². The number of anilines is 1. The van der Waals surface area contributed by atoms with Crippen LogP contribution in [-0.4, -0.2) is 15.9 Å². The Morgan fingerprint density at radius 3 is 2.52 bits per heavy atom. The molecule has 1 aliphatic rings. The van der Waals surface area contributed by atoms with Crippen LogP contribution in [0.3, 0.4) is 0 Å². The van der Waals surface area contributed by atoms with E-state index in [0.717, 1.165) is 28.7 Å². The Morgan fingerprint density at radius 2 is 1.90 bits per heavy atom. The van der Waals surface area contributed by atoms with E-state index in [1.54, 1.807) is 0 Å². The minimum Gasteiger partial charge on any atom is -0.360 e. The SMILES string of the molecule is FC(F)(F)c1ccc(CCNc2nc(C3CC3)ns2)cc1. The van der Waals surface area contributed by atoms with Crippen molar-refractivity contribution in [2.24, 2.45) is 0 Å². The molecule has 3 rings (SSSR count). The molecule has 0 bridgehead atoms. The molecule has 1 aromatic heterocycles. The normalized spacial score (nSPS) is 15.2. The first-order valence-corrected chi connectivity index (χ1v) is 7.53. The summed E-state index contributed by atoms with van der Waals surface area (Å²) in [6, 6.07) is 5.26. The molecule has 0 atom stereocenters. The Hall–Kier alpha value is -1.63. The minimum atomic E-state index is -4.28. The van der Waals surface area contributed by atoms with Crippen molar-refractivity contribution < 1.29 is 13.2 Å². The van der Waals surface area contributed by atoms with Gasteiger partial charge in [0.1, 0.15) is 5.82 Å². The largest absolute Gasteiger partial charge is 0.416 e. The molecule has 1 aromatic carbocycles. The van der Waals surface area contributed by atoms with Crippen LogP contribution >= 0.6 is 11.5 Å². The van der Waals surface area contributed by atoms with Crippen molar-refractivity contribution in [2.45, 2.75) is 31.4 Å². The van der Waals surface area contributed by atoms with E-state index in [0.29, 0.717) is 18.9 Å². The van der Waals surface area contributed by atoms with E-state index in [9.17, 15) is 13.2 Å². The van der Waals surface area contributed by atoms with Gasteiger partial charge in [0, 0.05) is 24.0 Å². The van der Waals surface area contributed by atoms with Gasteiger partial charge in [-0.2, -0.15) is 17.5 Å². The van der Waals surface area contributed by atoms with Crippen LogP contribution in [0.5, 0.6) is 0 Å². The van der Waals surface area contributed by atoms with Gasteiger partial charge in [-0.3, -0.25) is 0 Å². The zero-order chi connectivity index (χ0) is 14.9. The monoisotopic (exact) mass is 313 g/mol. The molecule has 2 aromatic rings. The Balaban J connectivity index is 1.50. The summed E-state index contributed by atoms with van der Waals surface area (Å²) in [6.07, 6.45) is -1.29. The highest BCUT2D eigenvalue weighted by Crippen LogP contribution is 2.39. The number of hydrogen-bond acceptors (Lipinski definition) is 4. The predicted octanol–water partition coefficient (Wildman–Crippen LogP) is 4.09. The van der Waals surface area contributed by atoms with E-state index < -0.39 is 11.7 Å². The summed E-state index contributed by atoms with van der Waals surface area (Å²) in [5, 5.41) is 3.95. The van der Waals surface area contributed by atoms with Gasteiger partial charge in [0.25, 0.3) is 0 Å². The van der Waals surface area contributed by atoms with Crippen molar-refractivity contribution in [2.75, 3.05) is 11.9 Å². The predicted molar refractivity (Wildman–Crippen MR) is 75.5 cm³/mol. The lowest BCUT2D eigenvalue weighted by molar-refractivity contribution is -0.137. The third-order valence-electron chi connectivity index (χ3n) is 3.36. The standard InChI is InChI=1S/C14H14F3N3S/c15-14(16,17)11-5-1-9(2-6-11)7-8-18-13-19-12(20-21-13)10-3-4-10/h1-2,5-6,10H,3-4,7-8H2,(H,18,19,20). The van der Waals surface area contributed by atoms with E-state index >= 15 is 0 Å². The fourth-order valence-corrected chi connectivity index (χ4v) is 2.66. The zero-order valence-electron chi connectivity index (χ0n) is 11.2. The molecule has 1 N–H and O–H groups in total. The smallest absolute Gasteiger partial charge is 0.360 e. The molecule has 0 amide bonds. The third kappa shape index (κ3) is 3.72. The summed E-state index contributed by atoms with van der Waals surface area (Å²) in [4.78, 5) is 4.40. The summed E-state index contributed by atoms with van der Waals surface area (Å²) in [5.74, 6) is 1.45. The molecular formula is C14H14F3N3S. The molecule has 1 heterocycles. The van der Waals surface area contributed by atoms with Crippen molar-refractivity contribution in [3.63, 3.8) is 0 Å². The van der Waals surface area contributed by atoms with Crippen molar-refractivity contribution in [1.29, 1.82) is 0 Å². The van der Waals surface area contributed by atoms with E-state index in [1.807, 2.05) is 0 Å². The second kappa shape index (κ2) is 5.63. The molecule has 0 unspecified atom stereocenters. The number of rotatable bonds is 5. The maximum Gasteiger partial charge on any atom is 0.416 e. The summed E-state index contributed by atoms with van der Waals surface area (Å²) in [7, 11) is 0. The van der Waals surface area contributed by atoms with E-state index in [1.165, 1.54) is 36.5 Å². The highest BCUT2D eigenvalue weighted by molar-refractivity contribution is 7.09. The molecule has 0 aliphatic heterocycles. The van der Waals surface area contributed by atoms with Crippen LogP contribution in [0.1, 0.15) is 35.7 Å². The third-order valence-corrected chi connectivity index (χ3v) is 4.04. The lowest BCUT2D eigenvalue weighted by atomic mass is 10.1. The van der Waals surface area contributed by atoms with Gasteiger partial charge in [-0.25, -0.2) is 4.98 Å². The average molecular weight is 313 g/mol. The number of aromatic nitrogens is 2. The number of nitrogens with zero attached hydrogens (tertiary/aromatic N) is 2. The fraction of sp³-hybridized carbons (Fsp3) is 0.429. The molecule has 1 fully saturated rings. The van der Waals surface area contributed by atoms with Gasteiger partial charge < -0.3 is 5.32 Å². The van der Waals surface area contributed by atoms with Crippen LogP contribution < -0.4 is 5.32 Å². The Morgan fingerprint density at radius 1 is 1.19 bits per heavy atom. The number of benzene rings is 1. The van der Waals surface area contributed by atoms with Crippen molar-refractivity contribution in [3.05, 3.63) is 41.2 Å². The molecular weight excluding hydrogens is 299 g/mol. The minimum absolute atomic E-state index is 0.534. The molecule has 1 saturated carbocycles. The average Bonchev–Trinajstić information content (AvgIpc) is 3.19. The molecule has 7 heteroatoms. The van der Waals surface area contributed by atoms with Gasteiger partial charge in [0.15, 0.2) is 0 Å².